The molecule has 1 aliphatic heterocycles. The van der Waals surface area contributed by atoms with E-state index in [9.17, 15) is 29.8 Å². The molecule has 0 bridgehead atoms. The van der Waals surface area contributed by atoms with Crippen LogP contribution in [0.15, 0.2) is 36.4 Å². The third kappa shape index (κ3) is 5.24. The van der Waals surface area contributed by atoms with Crippen LogP contribution in [0.5, 0.6) is 0 Å². The van der Waals surface area contributed by atoms with Crippen molar-refractivity contribution in [3.8, 4) is 0 Å². The maximum atomic E-state index is 12.7. The number of carbonyl (C=O) groups is 2. The Morgan fingerprint density at radius 1 is 1.16 bits per heavy atom. The van der Waals surface area contributed by atoms with Crippen molar-refractivity contribution in [2.45, 2.75) is 26.3 Å². The number of carbonyl (C=O) groups excluding carboxylic acids is 2. The standard InChI is InChI=1S/C21H23N5O6/c1-13-18(9-17(25(29)30)10-19(13)26(31)32)21(28)23-16-6-4-14(5-7-16)11-24-8-2-3-15(12-24)20(22)27/h4-7,9-10,15H,2-3,8,11-12H2,1H3,(H2,22,27)(H,23,28). The molecular formula is C21H23N5O6. The van der Waals surface area contributed by atoms with E-state index in [4.69, 9.17) is 5.73 Å². The van der Waals surface area contributed by atoms with Crippen molar-refractivity contribution in [2.75, 3.05) is 18.4 Å². The Kier molecular flexibility index (Phi) is 6.79. The summed E-state index contributed by atoms with van der Waals surface area (Å²) in [5, 5.41) is 24.9. The summed E-state index contributed by atoms with van der Waals surface area (Å²) in [7, 11) is 0. The van der Waals surface area contributed by atoms with Gasteiger partial charge in [-0.3, -0.25) is 34.7 Å². The molecular weight excluding hydrogens is 418 g/mol. The molecule has 1 aliphatic rings. The molecule has 168 valence electrons. The Bertz CT molecular complexity index is 1070. The lowest BCUT2D eigenvalue weighted by Crippen LogP contribution is -2.40. The van der Waals surface area contributed by atoms with Crippen LogP contribution in [0.4, 0.5) is 17.1 Å². The fraction of sp³-hybridized carbons (Fsp3) is 0.333. The number of rotatable bonds is 7. The number of piperidine rings is 1. The number of nitrogens with two attached hydrogens (primary N) is 1. The van der Waals surface area contributed by atoms with Gasteiger partial charge in [-0.2, -0.15) is 0 Å². The summed E-state index contributed by atoms with van der Waals surface area (Å²) in [6, 6.07) is 8.88. The van der Waals surface area contributed by atoms with E-state index in [-0.39, 0.29) is 23.0 Å². The summed E-state index contributed by atoms with van der Waals surface area (Å²) in [5.41, 5.74) is 5.73. The van der Waals surface area contributed by atoms with Gasteiger partial charge in [0.2, 0.25) is 5.91 Å². The van der Waals surface area contributed by atoms with E-state index in [0.29, 0.717) is 18.8 Å². The predicted molar refractivity (Wildman–Crippen MR) is 116 cm³/mol. The molecule has 3 rings (SSSR count). The second kappa shape index (κ2) is 9.52. The highest BCUT2D eigenvalue weighted by molar-refractivity contribution is 6.06. The molecule has 3 N–H and O–H groups in total. The van der Waals surface area contributed by atoms with E-state index in [1.807, 2.05) is 12.1 Å². The summed E-state index contributed by atoms with van der Waals surface area (Å²) >= 11 is 0. The highest BCUT2D eigenvalue weighted by Crippen LogP contribution is 2.28. The second-order valence-corrected chi connectivity index (χ2v) is 7.78. The van der Waals surface area contributed by atoms with Crippen molar-refractivity contribution in [3.63, 3.8) is 0 Å². The number of nitro benzene ring substituents is 2. The fourth-order valence-electron chi connectivity index (χ4n) is 3.80. The summed E-state index contributed by atoms with van der Waals surface area (Å²) in [5.74, 6) is -1.11. The van der Waals surface area contributed by atoms with Crippen molar-refractivity contribution in [2.24, 2.45) is 11.7 Å². The number of amides is 2. The van der Waals surface area contributed by atoms with Gasteiger partial charge in [0.1, 0.15) is 0 Å². The molecule has 1 fully saturated rings. The Morgan fingerprint density at radius 2 is 1.84 bits per heavy atom. The van der Waals surface area contributed by atoms with Crippen molar-refractivity contribution in [1.29, 1.82) is 0 Å². The number of anilines is 1. The van der Waals surface area contributed by atoms with Crippen LogP contribution < -0.4 is 11.1 Å². The summed E-state index contributed by atoms with van der Waals surface area (Å²) < 4.78 is 0. The number of benzene rings is 2. The molecule has 11 heteroatoms. The number of nitro groups is 2. The normalized spacial score (nSPS) is 16.3. The van der Waals surface area contributed by atoms with Crippen molar-refractivity contribution in [1.82, 2.24) is 4.90 Å². The van der Waals surface area contributed by atoms with Crippen LogP contribution in [0.25, 0.3) is 0 Å². The molecule has 0 saturated carbocycles. The van der Waals surface area contributed by atoms with Crippen LogP contribution in [0.3, 0.4) is 0 Å². The zero-order chi connectivity index (χ0) is 23.4. The highest BCUT2D eigenvalue weighted by atomic mass is 16.6. The lowest BCUT2D eigenvalue weighted by molar-refractivity contribution is -0.394. The van der Waals surface area contributed by atoms with E-state index in [1.165, 1.54) is 6.92 Å². The molecule has 1 heterocycles. The average molecular weight is 441 g/mol. The maximum Gasteiger partial charge on any atom is 0.279 e. The van der Waals surface area contributed by atoms with Gasteiger partial charge in [0.25, 0.3) is 17.3 Å². The molecule has 32 heavy (non-hydrogen) atoms. The molecule has 1 unspecified atom stereocenters. The number of likely N-dealkylation sites (tertiary alicyclic amines) is 1. The minimum atomic E-state index is -0.776. The van der Waals surface area contributed by atoms with Crippen LogP contribution in [0, 0.1) is 33.1 Å². The number of nitrogens with one attached hydrogen (secondary N) is 1. The Hall–Kier alpha value is -3.86. The summed E-state index contributed by atoms with van der Waals surface area (Å²) in [4.78, 5) is 47.0. The Morgan fingerprint density at radius 3 is 2.44 bits per heavy atom. The zero-order valence-electron chi connectivity index (χ0n) is 17.4. The largest absolute Gasteiger partial charge is 0.369 e. The second-order valence-electron chi connectivity index (χ2n) is 7.78. The van der Waals surface area contributed by atoms with Gasteiger partial charge in [-0.25, -0.2) is 0 Å². The molecule has 2 aromatic rings. The third-order valence-electron chi connectivity index (χ3n) is 5.54. The zero-order valence-corrected chi connectivity index (χ0v) is 17.4. The summed E-state index contributed by atoms with van der Waals surface area (Å²) in [6.07, 6.45) is 1.70. The van der Waals surface area contributed by atoms with Gasteiger partial charge in [-0.15, -0.1) is 0 Å². The molecule has 2 amide bonds. The average Bonchev–Trinajstić information content (AvgIpc) is 2.75. The van der Waals surface area contributed by atoms with Crippen LogP contribution in [0.2, 0.25) is 0 Å². The molecule has 0 aromatic heterocycles. The molecule has 0 spiro atoms. The van der Waals surface area contributed by atoms with Crippen LogP contribution in [-0.2, 0) is 11.3 Å². The monoisotopic (exact) mass is 441 g/mol. The smallest absolute Gasteiger partial charge is 0.279 e. The van der Waals surface area contributed by atoms with Crippen molar-refractivity contribution >= 4 is 28.9 Å². The molecule has 11 nitrogen and oxygen atoms in total. The van der Waals surface area contributed by atoms with Crippen LogP contribution in [0.1, 0.15) is 34.3 Å². The lowest BCUT2D eigenvalue weighted by atomic mass is 9.97. The van der Waals surface area contributed by atoms with Gasteiger partial charge < -0.3 is 11.1 Å². The first-order chi connectivity index (χ1) is 15.2. The predicted octanol–water partition coefficient (Wildman–Crippen LogP) is 2.76. The first-order valence-electron chi connectivity index (χ1n) is 10.0. The number of hydrogen-bond donors (Lipinski definition) is 2. The summed E-state index contributed by atoms with van der Waals surface area (Å²) in [6.45, 7) is 3.48. The molecule has 2 aromatic carbocycles. The van der Waals surface area contributed by atoms with E-state index >= 15 is 0 Å². The Labute approximate surface area is 183 Å². The maximum absolute atomic E-state index is 12.7. The van der Waals surface area contributed by atoms with E-state index in [2.05, 4.69) is 10.2 Å². The van der Waals surface area contributed by atoms with Crippen LogP contribution in [-0.4, -0.2) is 39.7 Å². The van der Waals surface area contributed by atoms with Gasteiger partial charge in [-0.05, 0) is 44.0 Å². The Balaban J connectivity index is 1.72. The SMILES string of the molecule is Cc1c(C(=O)Nc2ccc(CN3CCCC(C(N)=O)C3)cc2)cc([N+](=O)[O-])cc1[N+](=O)[O-]. The quantitative estimate of drug-likeness (QED) is 0.493. The molecule has 0 aliphatic carbocycles. The van der Waals surface area contributed by atoms with E-state index < -0.39 is 27.1 Å². The van der Waals surface area contributed by atoms with Gasteiger partial charge in [-0.1, -0.05) is 12.1 Å². The lowest BCUT2D eigenvalue weighted by Gasteiger charge is -2.31. The number of hydrogen-bond acceptors (Lipinski definition) is 7. The van der Waals surface area contributed by atoms with Crippen molar-refractivity contribution in [3.05, 3.63) is 73.3 Å². The minimum absolute atomic E-state index is 0.0452. The molecule has 0 radical (unpaired) electrons. The van der Waals surface area contributed by atoms with Gasteiger partial charge in [0, 0.05) is 30.4 Å². The third-order valence-corrected chi connectivity index (χ3v) is 5.54. The van der Waals surface area contributed by atoms with Crippen molar-refractivity contribution < 1.29 is 19.4 Å². The molecule has 1 atom stereocenters. The first kappa shape index (κ1) is 22.8. The first-order valence-corrected chi connectivity index (χ1v) is 10.0. The van der Waals surface area contributed by atoms with E-state index in [1.54, 1.807) is 12.1 Å². The van der Waals surface area contributed by atoms with E-state index in [0.717, 1.165) is 37.1 Å². The number of primary amides is 1. The molecule has 1 saturated heterocycles. The van der Waals surface area contributed by atoms with Crippen LogP contribution >= 0.6 is 0 Å². The van der Waals surface area contributed by atoms with Gasteiger partial charge >= 0.3 is 0 Å². The minimum Gasteiger partial charge on any atom is -0.369 e. The van der Waals surface area contributed by atoms with Gasteiger partial charge in [0.15, 0.2) is 0 Å². The highest BCUT2D eigenvalue weighted by Gasteiger charge is 2.25. The topological polar surface area (TPSA) is 162 Å². The van der Waals surface area contributed by atoms with Gasteiger partial charge in [0.05, 0.1) is 27.4 Å². The number of non-ortho nitro benzene ring substituents is 1. The fourth-order valence-corrected chi connectivity index (χ4v) is 3.80. The number of nitrogens with zero attached hydrogens (tertiary/aromatic N) is 3.